The molecule has 0 atom stereocenters. The van der Waals surface area contributed by atoms with Crippen LogP contribution in [0.5, 0.6) is 5.88 Å². The van der Waals surface area contributed by atoms with E-state index in [1.165, 1.54) is 13.2 Å². The van der Waals surface area contributed by atoms with Gasteiger partial charge in [0.05, 0.1) is 19.7 Å². The van der Waals surface area contributed by atoms with Crippen LogP contribution in [0.2, 0.25) is 0 Å². The maximum absolute atomic E-state index is 12.7. The number of methoxy groups -OCH3 is 1. The number of H-pyrrole nitrogens is 1. The van der Waals surface area contributed by atoms with E-state index in [1.807, 2.05) is 48.5 Å². The van der Waals surface area contributed by atoms with E-state index < -0.39 is 0 Å². The Kier molecular flexibility index (Phi) is 6.16. The molecule has 8 nitrogen and oxygen atoms in total. The SMILES string of the molecule is CCCCc1nc(OC)cc(=O)n1Cc1ccc(-c2ccccc2-c2nnn[nH]2)cc1. The zero-order valence-corrected chi connectivity index (χ0v) is 17.6. The Hall–Kier alpha value is -3.81. The van der Waals surface area contributed by atoms with Crippen LogP contribution in [0.3, 0.4) is 0 Å². The number of tetrazole rings is 1. The average molecular weight is 416 g/mol. The normalized spacial score (nSPS) is 10.9. The summed E-state index contributed by atoms with van der Waals surface area (Å²) in [5.74, 6) is 1.73. The molecule has 0 saturated carbocycles. The highest BCUT2D eigenvalue weighted by Crippen LogP contribution is 2.29. The summed E-state index contributed by atoms with van der Waals surface area (Å²) in [5.41, 5.74) is 3.92. The fourth-order valence-corrected chi connectivity index (χ4v) is 3.52. The maximum Gasteiger partial charge on any atom is 0.257 e. The van der Waals surface area contributed by atoms with E-state index in [2.05, 4.69) is 32.5 Å². The second-order valence-corrected chi connectivity index (χ2v) is 7.24. The van der Waals surface area contributed by atoms with E-state index in [1.54, 1.807) is 4.57 Å². The Labute approximate surface area is 179 Å². The average Bonchev–Trinajstić information content (AvgIpc) is 3.34. The first kappa shape index (κ1) is 20.5. The molecule has 0 fully saturated rings. The van der Waals surface area contributed by atoms with Crippen LogP contribution in [0.15, 0.2) is 59.4 Å². The van der Waals surface area contributed by atoms with Gasteiger partial charge in [0.2, 0.25) is 5.88 Å². The zero-order valence-electron chi connectivity index (χ0n) is 17.6. The first-order chi connectivity index (χ1) is 15.2. The van der Waals surface area contributed by atoms with E-state index >= 15 is 0 Å². The lowest BCUT2D eigenvalue weighted by Gasteiger charge is -2.14. The third-order valence-electron chi connectivity index (χ3n) is 5.16. The van der Waals surface area contributed by atoms with Gasteiger partial charge in [-0.05, 0) is 33.5 Å². The molecule has 4 rings (SSSR count). The Bertz CT molecular complexity index is 1200. The fourth-order valence-electron chi connectivity index (χ4n) is 3.52. The van der Waals surface area contributed by atoms with Crippen LogP contribution in [-0.4, -0.2) is 37.3 Å². The summed E-state index contributed by atoms with van der Waals surface area (Å²) >= 11 is 0. The lowest BCUT2D eigenvalue weighted by molar-refractivity contribution is 0.390. The molecule has 4 aromatic rings. The Morgan fingerprint density at radius 2 is 1.84 bits per heavy atom. The predicted molar refractivity (Wildman–Crippen MR) is 118 cm³/mol. The largest absolute Gasteiger partial charge is 0.481 e. The van der Waals surface area contributed by atoms with E-state index in [9.17, 15) is 4.79 Å². The second-order valence-electron chi connectivity index (χ2n) is 7.24. The predicted octanol–water partition coefficient (Wildman–Crippen LogP) is 3.49. The number of unbranched alkanes of at least 4 members (excludes halogenated alkanes) is 1. The van der Waals surface area contributed by atoms with Crippen LogP contribution < -0.4 is 10.3 Å². The molecule has 2 aromatic heterocycles. The van der Waals surface area contributed by atoms with Crippen LogP contribution in [-0.2, 0) is 13.0 Å². The molecule has 0 spiro atoms. The van der Waals surface area contributed by atoms with Gasteiger partial charge in [-0.25, -0.2) is 5.10 Å². The third kappa shape index (κ3) is 4.53. The van der Waals surface area contributed by atoms with Gasteiger partial charge >= 0.3 is 0 Å². The number of nitrogens with one attached hydrogen (secondary N) is 1. The summed E-state index contributed by atoms with van der Waals surface area (Å²) in [5, 5.41) is 14.2. The molecule has 0 amide bonds. The van der Waals surface area contributed by atoms with Crippen molar-refractivity contribution in [3.63, 3.8) is 0 Å². The summed E-state index contributed by atoms with van der Waals surface area (Å²) in [6.45, 7) is 2.58. The molecular weight excluding hydrogens is 392 g/mol. The van der Waals surface area contributed by atoms with Gasteiger partial charge in [0.25, 0.3) is 5.56 Å². The first-order valence-corrected chi connectivity index (χ1v) is 10.3. The molecule has 31 heavy (non-hydrogen) atoms. The quantitative estimate of drug-likeness (QED) is 0.472. The number of aromatic amines is 1. The molecule has 2 heterocycles. The number of aromatic nitrogens is 6. The van der Waals surface area contributed by atoms with Gasteiger partial charge in [-0.1, -0.05) is 61.9 Å². The minimum atomic E-state index is -0.106. The van der Waals surface area contributed by atoms with Gasteiger partial charge in [0.15, 0.2) is 5.82 Å². The molecule has 0 radical (unpaired) electrons. The van der Waals surface area contributed by atoms with Crippen molar-refractivity contribution in [2.45, 2.75) is 32.7 Å². The molecule has 0 aliphatic carbocycles. The van der Waals surface area contributed by atoms with Crippen LogP contribution >= 0.6 is 0 Å². The number of aryl methyl sites for hydroxylation is 1. The van der Waals surface area contributed by atoms with Crippen molar-refractivity contribution in [2.24, 2.45) is 0 Å². The Morgan fingerprint density at radius 1 is 1.06 bits per heavy atom. The van der Waals surface area contributed by atoms with Crippen molar-refractivity contribution >= 4 is 0 Å². The number of rotatable bonds is 8. The molecule has 0 saturated heterocycles. The topological polar surface area (TPSA) is 98.6 Å². The van der Waals surface area contributed by atoms with Gasteiger partial charge in [-0.15, -0.1) is 5.10 Å². The van der Waals surface area contributed by atoms with Gasteiger partial charge in [-0.3, -0.25) is 9.36 Å². The summed E-state index contributed by atoms with van der Waals surface area (Å²) in [6.07, 6.45) is 2.73. The molecular formula is C23H24N6O2. The summed E-state index contributed by atoms with van der Waals surface area (Å²) in [6, 6.07) is 17.6. The van der Waals surface area contributed by atoms with Crippen molar-refractivity contribution < 1.29 is 4.74 Å². The van der Waals surface area contributed by atoms with Crippen molar-refractivity contribution in [3.05, 3.63) is 76.3 Å². The van der Waals surface area contributed by atoms with Crippen LogP contribution in [0.4, 0.5) is 0 Å². The second kappa shape index (κ2) is 9.34. The molecule has 158 valence electrons. The van der Waals surface area contributed by atoms with E-state index in [-0.39, 0.29) is 5.56 Å². The van der Waals surface area contributed by atoms with Crippen LogP contribution in [0.25, 0.3) is 22.5 Å². The number of benzene rings is 2. The lowest BCUT2D eigenvalue weighted by Crippen LogP contribution is -2.25. The summed E-state index contributed by atoms with van der Waals surface area (Å²) in [4.78, 5) is 17.2. The van der Waals surface area contributed by atoms with Crippen molar-refractivity contribution in [2.75, 3.05) is 7.11 Å². The third-order valence-corrected chi connectivity index (χ3v) is 5.16. The number of hydrogen-bond donors (Lipinski definition) is 1. The molecule has 8 heteroatoms. The van der Waals surface area contributed by atoms with Crippen molar-refractivity contribution in [3.8, 4) is 28.4 Å². The van der Waals surface area contributed by atoms with Crippen LogP contribution in [0, 0.1) is 0 Å². The molecule has 0 aliphatic heterocycles. The highest BCUT2D eigenvalue weighted by molar-refractivity contribution is 5.80. The van der Waals surface area contributed by atoms with E-state index in [4.69, 9.17) is 4.74 Å². The Balaban J connectivity index is 1.63. The highest BCUT2D eigenvalue weighted by Gasteiger charge is 2.12. The summed E-state index contributed by atoms with van der Waals surface area (Å²) in [7, 11) is 1.53. The Morgan fingerprint density at radius 3 is 2.52 bits per heavy atom. The highest BCUT2D eigenvalue weighted by atomic mass is 16.5. The number of hydrogen-bond acceptors (Lipinski definition) is 6. The van der Waals surface area contributed by atoms with Gasteiger partial charge in [0, 0.05) is 12.0 Å². The minimum Gasteiger partial charge on any atom is -0.481 e. The fraction of sp³-hybridized carbons (Fsp3) is 0.261. The molecule has 2 aromatic carbocycles. The monoisotopic (exact) mass is 416 g/mol. The van der Waals surface area contributed by atoms with Crippen molar-refractivity contribution in [1.82, 2.24) is 30.2 Å². The maximum atomic E-state index is 12.7. The van der Waals surface area contributed by atoms with E-state index in [0.717, 1.165) is 47.3 Å². The summed E-state index contributed by atoms with van der Waals surface area (Å²) < 4.78 is 6.91. The number of ether oxygens (including phenoxy) is 1. The van der Waals surface area contributed by atoms with E-state index in [0.29, 0.717) is 18.2 Å². The van der Waals surface area contributed by atoms with Crippen molar-refractivity contribution in [1.29, 1.82) is 0 Å². The molecule has 0 aliphatic rings. The minimum absolute atomic E-state index is 0.106. The van der Waals surface area contributed by atoms with Gasteiger partial charge in [-0.2, -0.15) is 4.98 Å². The smallest absolute Gasteiger partial charge is 0.257 e. The standard InChI is InChI=1S/C23H24N6O2/c1-3-4-9-20-24-21(31-2)14-22(30)29(20)15-16-10-12-17(13-11-16)18-7-5-6-8-19(18)23-25-27-28-26-23/h5-8,10-14H,3-4,9,15H2,1-2H3,(H,25,26,27,28). The molecule has 0 bridgehead atoms. The van der Waals surface area contributed by atoms with Gasteiger partial charge < -0.3 is 4.74 Å². The molecule has 1 N–H and O–H groups in total. The zero-order chi connectivity index (χ0) is 21.6. The molecule has 0 unspecified atom stereocenters. The van der Waals surface area contributed by atoms with Gasteiger partial charge in [0.1, 0.15) is 5.82 Å². The first-order valence-electron chi connectivity index (χ1n) is 10.3. The lowest BCUT2D eigenvalue weighted by atomic mass is 9.98. The number of nitrogens with zero attached hydrogens (tertiary/aromatic N) is 5. The van der Waals surface area contributed by atoms with Crippen LogP contribution in [0.1, 0.15) is 31.2 Å².